The number of hydrogen-bond acceptors (Lipinski definition) is 9. The summed E-state index contributed by atoms with van der Waals surface area (Å²) in [4.78, 5) is 30.4. The summed E-state index contributed by atoms with van der Waals surface area (Å²) in [5.74, 6) is -1.30. The highest BCUT2D eigenvalue weighted by atomic mass is 19.1. The smallest absolute Gasteiger partial charge is 0.351 e. The van der Waals surface area contributed by atoms with Crippen molar-refractivity contribution in [3.8, 4) is 0 Å². The first-order valence-electron chi connectivity index (χ1n) is 8.41. The van der Waals surface area contributed by atoms with E-state index in [2.05, 4.69) is 15.0 Å². The molecule has 0 aromatic carbocycles. The maximum atomic E-state index is 15.2. The van der Waals surface area contributed by atoms with Gasteiger partial charge in [0.25, 0.3) is 0 Å². The fourth-order valence-electron chi connectivity index (χ4n) is 2.75. The molecule has 0 amide bonds. The molecule has 0 bridgehead atoms. The molecule has 0 spiro atoms. The highest BCUT2D eigenvalue weighted by Gasteiger charge is 2.58. The second-order valence-electron chi connectivity index (χ2n) is 6.73. The van der Waals surface area contributed by atoms with Crippen molar-refractivity contribution < 1.29 is 23.8 Å². The number of nitrogens with zero attached hydrogens (tertiary/aromatic N) is 5. The van der Waals surface area contributed by atoms with Crippen LogP contribution < -0.4 is 17.2 Å². The number of aromatic nitrogens is 2. The predicted molar refractivity (Wildman–Crippen MR) is 94.5 cm³/mol. The number of azide groups is 1. The summed E-state index contributed by atoms with van der Waals surface area (Å²) in [7, 11) is 0. The number of esters is 1. The van der Waals surface area contributed by atoms with Gasteiger partial charge in [-0.1, -0.05) is 19.0 Å². The van der Waals surface area contributed by atoms with Crippen molar-refractivity contribution in [1.29, 1.82) is 0 Å². The van der Waals surface area contributed by atoms with Gasteiger partial charge in [-0.25, -0.2) is 9.18 Å². The summed E-state index contributed by atoms with van der Waals surface area (Å²) in [6.45, 7) is 1.94. The van der Waals surface area contributed by atoms with E-state index in [1.807, 2.05) is 0 Å². The van der Waals surface area contributed by atoms with E-state index in [4.69, 9.17) is 26.5 Å². The quantitative estimate of drug-likeness (QED) is 0.239. The molecule has 5 N–H and O–H groups in total. The molecule has 1 aliphatic heterocycles. The Morgan fingerprint density at radius 1 is 1.64 bits per heavy atom. The number of ether oxygens (including phenoxy) is 2. The van der Waals surface area contributed by atoms with Gasteiger partial charge in [0.2, 0.25) is 0 Å². The van der Waals surface area contributed by atoms with E-state index < -0.39 is 55.0 Å². The van der Waals surface area contributed by atoms with E-state index in [1.165, 1.54) is 6.07 Å². The molecular formula is C15H22FN7O5. The van der Waals surface area contributed by atoms with Gasteiger partial charge in [-0.15, -0.1) is 0 Å². The van der Waals surface area contributed by atoms with Crippen LogP contribution >= 0.6 is 0 Å². The molecule has 2 heterocycles. The number of carbonyl (C=O) groups is 1. The summed E-state index contributed by atoms with van der Waals surface area (Å²) >= 11 is 0. The molecule has 13 heteroatoms. The van der Waals surface area contributed by atoms with Crippen molar-refractivity contribution in [2.24, 2.45) is 16.8 Å². The van der Waals surface area contributed by atoms with Crippen molar-refractivity contribution in [1.82, 2.24) is 9.55 Å². The van der Waals surface area contributed by atoms with Crippen LogP contribution in [0, 0.1) is 5.92 Å². The van der Waals surface area contributed by atoms with Gasteiger partial charge in [0, 0.05) is 11.1 Å². The van der Waals surface area contributed by atoms with Gasteiger partial charge in [-0.05, 0) is 17.5 Å². The highest BCUT2D eigenvalue weighted by Crippen LogP contribution is 2.41. The van der Waals surface area contributed by atoms with Crippen LogP contribution in [-0.2, 0) is 14.3 Å². The van der Waals surface area contributed by atoms with Crippen molar-refractivity contribution in [3.63, 3.8) is 0 Å². The molecule has 0 unspecified atom stereocenters. The number of hydrogen-bond donors (Lipinski definition) is 3. The number of anilines is 1. The summed E-state index contributed by atoms with van der Waals surface area (Å²) in [5, 5.41) is 13.2. The molecule has 154 valence electrons. The maximum absolute atomic E-state index is 15.2. The number of aliphatic hydroxyl groups is 1. The van der Waals surface area contributed by atoms with E-state index in [-0.39, 0.29) is 11.7 Å². The van der Waals surface area contributed by atoms with Crippen molar-refractivity contribution in [2.75, 3.05) is 18.9 Å². The molecule has 1 fully saturated rings. The lowest BCUT2D eigenvalue weighted by molar-refractivity contribution is -0.169. The third-order valence-corrected chi connectivity index (χ3v) is 4.46. The maximum Gasteiger partial charge on any atom is 0.351 e. The Morgan fingerprint density at radius 3 is 2.86 bits per heavy atom. The lowest BCUT2D eigenvalue weighted by Gasteiger charge is -2.31. The van der Waals surface area contributed by atoms with Crippen LogP contribution in [-0.4, -0.2) is 57.7 Å². The van der Waals surface area contributed by atoms with Crippen LogP contribution in [0.25, 0.3) is 10.4 Å². The Morgan fingerprint density at radius 2 is 2.32 bits per heavy atom. The third-order valence-electron chi connectivity index (χ3n) is 4.46. The summed E-state index contributed by atoms with van der Waals surface area (Å²) in [6.07, 6.45) is -4.22. The van der Waals surface area contributed by atoms with E-state index >= 15 is 4.39 Å². The number of nitrogens with two attached hydrogens (primary N) is 2. The first kappa shape index (κ1) is 21.6. The molecular weight excluding hydrogens is 377 g/mol. The van der Waals surface area contributed by atoms with Gasteiger partial charge in [0.05, 0.1) is 13.2 Å². The molecule has 1 aromatic rings. The van der Waals surface area contributed by atoms with Gasteiger partial charge in [-0.3, -0.25) is 9.36 Å². The van der Waals surface area contributed by atoms with Crippen LogP contribution in [0.1, 0.15) is 20.1 Å². The molecule has 28 heavy (non-hydrogen) atoms. The number of nitrogen functional groups attached to an aromatic ring is 1. The highest BCUT2D eigenvalue weighted by molar-refractivity contribution is 5.76. The van der Waals surface area contributed by atoms with Crippen LogP contribution in [0.4, 0.5) is 10.2 Å². The predicted octanol–water partition coefficient (Wildman–Crippen LogP) is -0.371. The molecule has 1 saturated heterocycles. The monoisotopic (exact) mass is 399 g/mol. The van der Waals surface area contributed by atoms with Gasteiger partial charge >= 0.3 is 11.7 Å². The normalized spacial score (nSPS) is 28.0. The van der Waals surface area contributed by atoms with Gasteiger partial charge in [-0.2, -0.15) is 4.98 Å². The van der Waals surface area contributed by atoms with Crippen molar-refractivity contribution in [2.45, 2.75) is 44.0 Å². The van der Waals surface area contributed by atoms with E-state index in [1.54, 1.807) is 13.8 Å². The van der Waals surface area contributed by atoms with Crippen LogP contribution in [0.5, 0.6) is 0 Å². The minimum absolute atomic E-state index is 0.0805. The fraction of sp³-hybridized carbons (Fsp3) is 0.667. The lowest BCUT2D eigenvalue weighted by atomic mass is 9.96. The number of alkyl halides is 1. The number of halogens is 1. The summed E-state index contributed by atoms with van der Waals surface area (Å²) < 4.78 is 26.8. The average molecular weight is 399 g/mol. The van der Waals surface area contributed by atoms with Crippen molar-refractivity contribution in [3.05, 3.63) is 33.2 Å². The lowest BCUT2D eigenvalue weighted by Crippen LogP contribution is -2.52. The number of aliphatic hydroxyl groups excluding tert-OH is 1. The third kappa shape index (κ3) is 4.07. The standard InChI is InChI=1S/C15H22FN7O5/c1-7(2)10(18)13(25)27-11-9(16)12(23-4-3-8(17)21-14(23)26)28-15(11,6-24)5-20-22-19/h3-4,7,9-12,24H,5-6,18H2,1-2H3,(H2,17,21,26)/t9-,10+,11+,12-,15-/m1/s1. The summed E-state index contributed by atoms with van der Waals surface area (Å²) in [6, 6.07) is 0.197. The SMILES string of the molecule is CC(C)[C@H](N)C(=O)O[C@H]1[C@@H](F)[C@H](n2ccc(N)nc2=O)O[C@@]1(CO)CN=[N+]=[N-]. The van der Waals surface area contributed by atoms with Gasteiger partial charge in [0.15, 0.2) is 18.5 Å². The first-order chi connectivity index (χ1) is 13.2. The van der Waals surface area contributed by atoms with E-state index in [0.717, 1.165) is 10.8 Å². The van der Waals surface area contributed by atoms with Gasteiger partial charge in [0.1, 0.15) is 17.5 Å². The zero-order valence-electron chi connectivity index (χ0n) is 15.3. The van der Waals surface area contributed by atoms with Crippen molar-refractivity contribution >= 4 is 11.8 Å². The molecule has 12 nitrogen and oxygen atoms in total. The number of carbonyl (C=O) groups excluding carboxylic acids is 1. The Bertz CT molecular complexity index is 827. The zero-order valence-corrected chi connectivity index (χ0v) is 15.3. The van der Waals surface area contributed by atoms with E-state index in [9.17, 15) is 14.7 Å². The molecule has 1 aromatic heterocycles. The average Bonchev–Trinajstić information content (AvgIpc) is 2.92. The molecule has 2 rings (SSSR count). The minimum Gasteiger partial charge on any atom is -0.455 e. The Balaban J connectivity index is 2.44. The van der Waals surface area contributed by atoms with Crippen LogP contribution in [0.3, 0.4) is 0 Å². The van der Waals surface area contributed by atoms with E-state index in [0.29, 0.717) is 0 Å². The Labute approximate surface area is 158 Å². The molecule has 0 aliphatic carbocycles. The first-order valence-corrected chi connectivity index (χ1v) is 8.41. The second kappa shape index (κ2) is 8.52. The Kier molecular flexibility index (Phi) is 6.56. The van der Waals surface area contributed by atoms with Gasteiger partial charge < -0.3 is 26.0 Å². The largest absolute Gasteiger partial charge is 0.455 e. The number of rotatable bonds is 7. The molecule has 5 atom stereocenters. The summed E-state index contributed by atoms with van der Waals surface area (Å²) in [5.41, 5.74) is 17.0. The molecule has 0 radical (unpaired) electrons. The Hall–Kier alpha value is -2.73. The minimum atomic E-state index is -2.09. The van der Waals surface area contributed by atoms with Crippen LogP contribution in [0.15, 0.2) is 22.2 Å². The topological polar surface area (TPSA) is 191 Å². The second-order valence-corrected chi connectivity index (χ2v) is 6.73. The zero-order chi connectivity index (χ0) is 21.1. The fourth-order valence-corrected chi connectivity index (χ4v) is 2.75. The van der Waals surface area contributed by atoms with Crippen LogP contribution in [0.2, 0.25) is 0 Å². The molecule has 1 aliphatic rings. The molecule has 0 saturated carbocycles.